The highest BCUT2D eigenvalue weighted by Gasteiger charge is 2.22. The first-order valence-corrected chi connectivity index (χ1v) is 10.3. The van der Waals surface area contributed by atoms with Crippen molar-refractivity contribution < 1.29 is 14.3 Å². The number of thiocarbonyl (C=S) groups is 1. The number of hydrogen-bond donors (Lipinski definition) is 2. The molecule has 9 heteroatoms. The first-order chi connectivity index (χ1) is 13.9. The van der Waals surface area contributed by atoms with Gasteiger partial charge in [0.15, 0.2) is 5.11 Å². The Hall–Kier alpha value is -2.80. The lowest BCUT2D eigenvalue weighted by Gasteiger charge is -2.11. The van der Waals surface area contributed by atoms with E-state index < -0.39 is 5.97 Å². The molecular weight excluding hydrogens is 474 g/mol. The summed E-state index contributed by atoms with van der Waals surface area (Å²) in [5.74, 6) is -0.917. The van der Waals surface area contributed by atoms with Crippen LogP contribution >= 0.6 is 39.5 Å². The van der Waals surface area contributed by atoms with E-state index in [1.807, 2.05) is 30.3 Å². The number of amides is 1. The Morgan fingerprint density at radius 2 is 1.90 bits per heavy atom. The van der Waals surface area contributed by atoms with Gasteiger partial charge in [-0.05, 0) is 47.6 Å². The normalized spacial score (nSPS) is 10.3. The van der Waals surface area contributed by atoms with E-state index in [-0.39, 0.29) is 16.6 Å². The van der Waals surface area contributed by atoms with Crippen molar-refractivity contribution in [2.75, 3.05) is 12.4 Å². The molecule has 146 valence electrons. The van der Waals surface area contributed by atoms with Crippen molar-refractivity contribution >= 4 is 72.2 Å². The van der Waals surface area contributed by atoms with Crippen LogP contribution < -0.4 is 10.6 Å². The molecule has 29 heavy (non-hydrogen) atoms. The highest BCUT2D eigenvalue weighted by molar-refractivity contribution is 9.10. The van der Waals surface area contributed by atoms with E-state index in [9.17, 15) is 14.9 Å². The number of methoxy groups -OCH3 is 1. The monoisotopic (exact) mass is 487 g/mol. The number of rotatable bonds is 3. The minimum Gasteiger partial charge on any atom is -0.465 e. The third kappa shape index (κ3) is 4.15. The molecule has 3 rings (SSSR count). The number of anilines is 1. The molecule has 6 nitrogen and oxygen atoms in total. The maximum absolute atomic E-state index is 12.8. The van der Waals surface area contributed by atoms with Gasteiger partial charge in [0.2, 0.25) is 0 Å². The quantitative estimate of drug-likeness (QED) is 0.408. The molecule has 0 spiro atoms. The van der Waals surface area contributed by atoms with Gasteiger partial charge >= 0.3 is 5.97 Å². The third-order valence-electron chi connectivity index (χ3n) is 4.20. The van der Waals surface area contributed by atoms with Crippen molar-refractivity contribution in [2.24, 2.45) is 0 Å². The molecule has 0 bridgehead atoms. The van der Waals surface area contributed by atoms with Crippen molar-refractivity contribution in [3.8, 4) is 6.07 Å². The zero-order valence-electron chi connectivity index (χ0n) is 15.3. The number of thiophene rings is 1. The van der Waals surface area contributed by atoms with Crippen LogP contribution in [0, 0.1) is 18.3 Å². The van der Waals surface area contributed by atoms with Gasteiger partial charge in [0.25, 0.3) is 5.91 Å². The second-order valence-corrected chi connectivity index (χ2v) is 8.20. The minimum absolute atomic E-state index is 0.0242. The second kappa shape index (κ2) is 8.69. The van der Waals surface area contributed by atoms with Crippen LogP contribution in [-0.4, -0.2) is 24.1 Å². The number of nitrogens with one attached hydrogen (secondary N) is 2. The van der Waals surface area contributed by atoms with E-state index >= 15 is 0 Å². The van der Waals surface area contributed by atoms with Gasteiger partial charge in [-0.1, -0.05) is 40.2 Å². The van der Waals surface area contributed by atoms with Gasteiger partial charge in [0.1, 0.15) is 15.9 Å². The smallest absolute Gasteiger partial charge is 0.348 e. The molecule has 1 amide bonds. The lowest BCUT2D eigenvalue weighted by molar-refractivity contribution is 0.0605. The number of carbonyl (C=O) groups is 2. The van der Waals surface area contributed by atoms with Crippen LogP contribution in [0.3, 0.4) is 0 Å². The fourth-order valence-corrected chi connectivity index (χ4v) is 4.64. The fourth-order valence-electron chi connectivity index (χ4n) is 2.80. The molecule has 0 fully saturated rings. The van der Waals surface area contributed by atoms with Crippen LogP contribution in [-0.2, 0) is 4.74 Å². The number of halogens is 1. The van der Waals surface area contributed by atoms with Crippen molar-refractivity contribution in [1.82, 2.24) is 5.32 Å². The number of esters is 1. The standard InChI is InChI=1S/C20H14BrN3O3S2/c1-10-14(9-22)18(29-16(10)19(26)27-2)24-20(28)23-17(25)13-7-3-6-12-11(13)5-4-8-15(12)21/h3-8H,1-2H3,(H2,23,24,25,28). The summed E-state index contributed by atoms with van der Waals surface area (Å²) < 4.78 is 5.62. The van der Waals surface area contributed by atoms with Crippen molar-refractivity contribution in [3.63, 3.8) is 0 Å². The second-order valence-electron chi connectivity index (χ2n) is 5.91. The van der Waals surface area contributed by atoms with E-state index in [0.29, 0.717) is 21.0 Å². The van der Waals surface area contributed by atoms with Gasteiger partial charge in [-0.2, -0.15) is 5.26 Å². The van der Waals surface area contributed by atoms with Gasteiger partial charge in [-0.15, -0.1) is 11.3 Å². The summed E-state index contributed by atoms with van der Waals surface area (Å²) >= 11 is 9.77. The van der Waals surface area contributed by atoms with Crippen molar-refractivity contribution in [1.29, 1.82) is 5.26 Å². The van der Waals surface area contributed by atoms with Crippen LogP contribution in [0.5, 0.6) is 0 Å². The Kier molecular flexibility index (Phi) is 6.27. The minimum atomic E-state index is -0.534. The summed E-state index contributed by atoms with van der Waals surface area (Å²) in [5.41, 5.74) is 1.24. The molecule has 1 heterocycles. The number of nitrogens with zero attached hydrogens (tertiary/aromatic N) is 1. The SMILES string of the molecule is COC(=O)c1sc(NC(=S)NC(=O)c2cccc3c(Br)cccc23)c(C#N)c1C. The largest absolute Gasteiger partial charge is 0.465 e. The maximum Gasteiger partial charge on any atom is 0.348 e. The number of nitriles is 1. The summed E-state index contributed by atoms with van der Waals surface area (Å²) in [7, 11) is 1.27. The van der Waals surface area contributed by atoms with Gasteiger partial charge in [0, 0.05) is 10.0 Å². The van der Waals surface area contributed by atoms with Gasteiger partial charge < -0.3 is 10.1 Å². The van der Waals surface area contributed by atoms with Crippen LogP contribution in [0.15, 0.2) is 40.9 Å². The van der Waals surface area contributed by atoms with E-state index in [1.54, 1.807) is 19.1 Å². The van der Waals surface area contributed by atoms with Crippen molar-refractivity contribution in [2.45, 2.75) is 6.92 Å². The number of carbonyl (C=O) groups excluding carboxylic acids is 2. The fraction of sp³-hybridized carbons (Fsp3) is 0.100. The summed E-state index contributed by atoms with van der Waals surface area (Å²) in [5, 5.41) is 17.0. The molecule has 2 N–H and O–H groups in total. The first kappa shape index (κ1) is 20.9. The van der Waals surface area contributed by atoms with Crippen LogP contribution in [0.2, 0.25) is 0 Å². The molecular formula is C20H14BrN3O3S2. The van der Waals surface area contributed by atoms with Crippen molar-refractivity contribution in [3.05, 3.63) is 62.4 Å². The summed E-state index contributed by atoms with van der Waals surface area (Å²) in [4.78, 5) is 24.9. The first-order valence-electron chi connectivity index (χ1n) is 8.28. The molecule has 2 aromatic carbocycles. The average molecular weight is 488 g/mol. The molecule has 0 atom stereocenters. The number of ether oxygens (including phenoxy) is 1. The lowest BCUT2D eigenvalue weighted by Crippen LogP contribution is -2.34. The molecule has 0 saturated heterocycles. The van der Waals surface area contributed by atoms with Crippen LogP contribution in [0.4, 0.5) is 5.00 Å². The van der Waals surface area contributed by atoms with Crippen LogP contribution in [0.25, 0.3) is 10.8 Å². The Bertz CT molecular complexity index is 1200. The molecule has 0 radical (unpaired) electrons. The average Bonchev–Trinajstić information content (AvgIpc) is 3.02. The Labute approximate surface area is 184 Å². The van der Waals surface area contributed by atoms with E-state index in [1.165, 1.54) is 7.11 Å². The third-order valence-corrected chi connectivity index (χ3v) is 6.28. The van der Waals surface area contributed by atoms with Gasteiger partial charge in [-0.25, -0.2) is 4.79 Å². The number of fused-ring (bicyclic) bond motifs is 1. The highest BCUT2D eigenvalue weighted by Crippen LogP contribution is 2.33. The summed E-state index contributed by atoms with van der Waals surface area (Å²) in [6.07, 6.45) is 0. The lowest BCUT2D eigenvalue weighted by atomic mass is 10.0. The topological polar surface area (TPSA) is 91.2 Å². The summed E-state index contributed by atoms with van der Waals surface area (Å²) in [6, 6.07) is 13.1. The van der Waals surface area contributed by atoms with E-state index in [2.05, 4.69) is 26.6 Å². The van der Waals surface area contributed by atoms with Gasteiger partial charge in [0.05, 0.1) is 12.7 Å². The molecule has 1 aromatic heterocycles. The summed E-state index contributed by atoms with van der Waals surface area (Å²) in [6.45, 7) is 1.65. The number of benzene rings is 2. The van der Waals surface area contributed by atoms with E-state index in [4.69, 9.17) is 17.0 Å². The maximum atomic E-state index is 12.8. The Morgan fingerprint density at radius 1 is 1.21 bits per heavy atom. The van der Waals surface area contributed by atoms with Gasteiger partial charge in [-0.3, -0.25) is 10.1 Å². The highest BCUT2D eigenvalue weighted by atomic mass is 79.9. The molecule has 0 aliphatic carbocycles. The molecule has 0 saturated carbocycles. The predicted octanol–water partition coefficient (Wildman–Crippen LogP) is 4.76. The zero-order chi connectivity index (χ0) is 21.1. The molecule has 0 unspecified atom stereocenters. The van der Waals surface area contributed by atoms with Crippen LogP contribution in [0.1, 0.15) is 31.2 Å². The molecule has 3 aromatic rings. The zero-order valence-corrected chi connectivity index (χ0v) is 18.5. The number of hydrogen-bond acceptors (Lipinski definition) is 6. The van der Waals surface area contributed by atoms with E-state index in [0.717, 1.165) is 26.6 Å². The molecule has 0 aliphatic heterocycles. The Balaban J connectivity index is 1.84. The molecule has 0 aliphatic rings. The Morgan fingerprint density at radius 3 is 2.59 bits per heavy atom. The predicted molar refractivity (Wildman–Crippen MR) is 120 cm³/mol.